The Kier molecular flexibility index (Phi) is 5.30. The zero-order valence-electron chi connectivity index (χ0n) is 12.6. The van der Waals surface area contributed by atoms with E-state index in [9.17, 15) is 5.11 Å². The lowest BCUT2D eigenvalue weighted by atomic mass is 9.93. The van der Waals surface area contributed by atoms with Gasteiger partial charge in [0.1, 0.15) is 5.75 Å². The summed E-state index contributed by atoms with van der Waals surface area (Å²) in [5.74, 6) is 0.979. The summed E-state index contributed by atoms with van der Waals surface area (Å²) in [6, 6.07) is 4.00. The van der Waals surface area contributed by atoms with E-state index in [0.717, 1.165) is 43.7 Å². The van der Waals surface area contributed by atoms with E-state index in [1.54, 1.807) is 0 Å². The van der Waals surface area contributed by atoms with Gasteiger partial charge in [-0.2, -0.15) is 0 Å². The van der Waals surface area contributed by atoms with Crippen LogP contribution in [0, 0.1) is 12.8 Å². The fraction of sp³-hybridized carbons (Fsp3) is 0.625. The van der Waals surface area contributed by atoms with Crippen molar-refractivity contribution >= 4 is 11.6 Å². The Morgan fingerprint density at radius 2 is 1.95 bits per heavy atom. The van der Waals surface area contributed by atoms with E-state index in [4.69, 9.17) is 11.6 Å². The molecule has 1 saturated heterocycles. The molecule has 112 valence electrons. The predicted octanol–water partition coefficient (Wildman–Crippen LogP) is 3.35. The van der Waals surface area contributed by atoms with Crippen molar-refractivity contribution in [3.05, 3.63) is 28.3 Å². The molecule has 2 rings (SSSR count). The molecule has 0 amide bonds. The molecular formula is C16H25ClN2O. The lowest BCUT2D eigenvalue weighted by Gasteiger charge is -2.36. The van der Waals surface area contributed by atoms with Crippen LogP contribution in [0.25, 0.3) is 0 Å². The molecule has 20 heavy (non-hydrogen) atoms. The van der Waals surface area contributed by atoms with E-state index in [-0.39, 0.29) is 6.04 Å². The number of hydrogen-bond acceptors (Lipinski definition) is 3. The molecule has 0 spiro atoms. The fourth-order valence-corrected chi connectivity index (χ4v) is 3.21. The molecule has 3 nitrogen and oxygen atoms in total. The molecule has 1 aliphatic heterocycles. The monoisotopic (exact) mass is 296 g/mol. The number of halogens is 1. The molecule has 0 unspecified atom stereocenters. The van der Waals surface area contributed by atoms with E-state index in [1.807, 2.05) is 19.1 Å². The molecule has 1 heterocycles. The molecule has 1 fully saturated rings. The van der Waals surface area contributed by atoms with Crippen molar-refractivity contribution in [3.8, 4) is 5.75 Å². The smallest absolute Gasteiger partial charge is 0.123 e. The average molecular weight is 297 g/mol. The van der Waals surface area contributed by atoms with Crippen LogP contribution in [0.15, 0.2) is 12.1 Å². The number of aromatic hydroxyl groups is 1. The first-order valence-electron chi connectivity index (χ1n) is 7.42. The van der Waals surface area contributed by atoms with E-state index in [0.29, 0.717) is 16.7 Å². The highest BCUT2D eigenvalue weighted by Gasteiger charge is 2.26. The quantitative estimate of drug-likeness (QED) is 0.894. The van der Waals surface area contributed by atoms with Gasteiger partial charge in [-0.25, -0.2) is 0 Å². The summed E-state index contributed by atoms with van der Waals surface area (Å²) in [6.45, 7) is 10.4. The van der Waals surface area contributed by atoms with Gasteiger partial charge in [-0.15, -0.1) is 0 Å². The van der Waals surface area contributed by atoms with Crippen molar-refractivity contribution < 1.29 is 5.11 Å². The topological polar surface area (TPSA) is 35.5 Å². The van der Waals surface area contributed by atoms with Crippen LogP contribution in [0.4, 0.5) is 0 Å². The largest absolute Gasteiger partial charge is 0.507 e. The molecule has 1 aromatic carbocycles. The Hall–Kier alpha value is -0.770. The van der Waals surface area contributed by atoms with Gasteiger partial charge in [-0.3, -0.25) is 4.90 Å². The minimum absolute atomic E-state index is 0.245. The van der Waals surface area contributed by atoms with Crippen LogP contribution in [0.1, 0.15) is 37.4 Å². The Bertz CT molecular complexity index is 456. The highest BCUT2D eigenvalue weighted by Crippen LogP contribution is 2.37. The van der Waals surface area contributed by atoms with Crippen LogP contribution < -0.4 is 5.32 Å². The van der Waals surface area contributed by atoms with Gasteiger partial charge < -0.3 is 10.4 Å². The molecular weight excluding hydrogens is 272 g/mol. The molecule has 1 aromatic rings. The summed E-state index contributed by atoms with van der Waals surface area (Å²) >= 11 is 6.20. The summed E-state index contributed by atoms with van der Waals surface area (Å²) in [6.07, 6.45) is 1.04. The van der Waals surface area contributed by atoms with Crippen molar-refractivity contribution in [2.75, 3.05) is 26.2 Å². The van der Waals surface area contributed by atoms with Crippen LogP contribution in [0.2, 0.25) is 5.02 Å². The number of phenols is 1. The number of hydrogen-bond donors (Lipinski definition) is 2. The Morgan fingerprint density at radius 3 is 2.55 bits per heavy atom. The molecule has 1 aliphatic rings. The number of phenolic OH excluding ortho intramolecular Hbond substituents is 1. The van der Waals surface area contributed by atoms with Gasteiger partial charge in [0.15, 0.2) is 0 Å². The first-order chi connectivity index (χ1) is 9.49. The molecule has 2 N–H and O–H groups in total. The lowest BCUT2D eigenvalue weighted by Crippen LogP contribution is -2.45. The van der Waals surface area contributed by atoms with E-state index >= 15 is 0 Å². The first kappa shape index (κ1) is 15.6. The number of piperazine rings is 1. The van der Waals surface area contributed by atoms with E-state index in [2.05, 4.69) is 24.1 Å². The number of rotatable bonds is 4. The van der Waals surface area contributed by atoms with Crippen molar-refractivity contribution in [2.45, 2.75) is 33.2 Å². The molecule has 4 heteroatoms. The predicted molar refractivity (Wildman–Crippen MR) is 84.5 cm³/mol. The minimum atomic E-state index is 0.245. The Labute approximate surface area is 126 Å². The van der Waals surface area contributed by atoms with Crippen LogP contribution in [0.3, 0.4) is 0 Å². The van der Waals surface area contributed by atoms with E-state index < -0.39 is 0 Å². The average Bonchev–Trinajstić information content (AvgIpc) is 2.41. The molecule has 0 aromatic heterocycles. The zero-order chi connectivity index (χ0) is 14.7. The maximum absolute atomic E-state index is 10.4. The lowest BCUT2D eigenvalue weighted by molar-refractivity contribution is 0.151. The third-order valence-corrected chi connectivity index (χ3v) is 4.16. The highest BCUT2D eigenvalue weighted by atomic mass is 35.5. The van der Waals surface area contributed by atoms with Gasteiger partial charge in [0, 0.05) is 42.8 Å². The SMILES string of the molecule is Cc1cc(Cl)cc([C@@H](CC(C)C)N2CCNCC2)c1O. The minimum Gasteiger partial charge on any atom is -0.507 e. The van der Waals surface area contributed by atoms with Crippen molar-refractivity contribution in [1.82, 2.24) is 10.2 Å². The van der Waals surface area contributed by atoms with Gasteiger partial charge in [0.05, 0.1) is 0 Å². The van der Waals surface area contributed by atoms with Gasteiger partial charge in [-0.1, -0.05) is 25.4 Å². The Morgan fingerprint density at radius 1 is 1.30 bits per heavy atom. The van der Waals surface area contributed by atoms with E-state index in [1.165, 1.54) is 0 Å². The third kappa shape index (κ3) is 3.66. The fourth-order valence-electron chi connectivity index (χ4n) is 2.93. The third-order valence-electron chi connectivity index (χ3n) is 3.94. The standard InChI is InChI=1S/C16H25ClN2O/c1-11(2)8-15(19-6-4-18-5-7-19)14-10-13(17)9-12(3)16(14)20/h9-11,15,18,20H,4-8H2,1-3H3/t15-/m1/s1. The molecule has 0 saturated carbocycles. The van der Waals surface area contributed by atoms with Gasteiger partial charge in [-0.05, 0) is 37.0 Å². The normalized spacial score (nSPS) is 18.4. The maximum Gasteiger partial charge on any atom is 0.123 e. The summed E-state index contributed by atoms with van der Waals surface area (Å²) in [5.41, 5.74) is 1.84. The Balaban J connectivity index is 2.34. The number of benzene rings is 1. The molecule has 0 radical (unpaired) electrons. The summed E-state index contributed by atoms with van der Waals surface area (Å²) < 4.78 is 0. The molecule has 0 bridgehead atoms. The van der Waals surface area contributed by atoms with Crippen molar-refractivity contribution in [3.63, 3.8) is 0 Å². The highest BCUT2D eigenvalue weighted by molar-refractivity contribution is 6.30. The number of nitrogens with zero attached hydrogens (tertiary/aromatic N) is 1. The maximum atomic E-state index is 10.4. The van der Waals surface area contributed by atoms with Crippen LogP contribution in [0.5, 0.6) is 5.75 Å². The van der Waals surface area contributed by atoms with Crippen molar-refractivity contribution in [2.24, 2.45) is 5.92 Å². The summed E-state index contributed by atoms with van der Waals surface area (Å²) in [7, 11) is 0. The van der Waals surface area contributed by atoms with Crippen LogP contribution in [-0.4, -0.2) is 36.2 Å². The van der Waals surface area contributed by atoms with Crippen molar-refractivity contribution in [1.29, 1.82) is 0 Å². The second-order valence-corrected chi connectivity index (χ2v) is 6.53. The summed E-state index contributed by atoms with van der Waals surface area (Å²) in [5, 5.41) is 14.5. The first-order valence-corrected chi connectivity index (χ1v) is 7.80. The summed E-state index contributed by atoms with van der Waals surface area (Å²) in [4.78, 5) is 2.46. The second kappa shape index (κ2) is 6.79. The number of aryl methyl sites for hydroxylation is 1. The molecule has 0 aliphatic carbocycles. The zero-order valence-corrected chi connectivity index (χ0v) is 13.4. The van der Waals surface area contributed by atoms with Crippen LogP contribution in [-0.2, 0) is 0 Å². The van der Waals surface area contributed by atoms with Crippen LogP contribution >= 0.6 is 11.6 Å². The van der Waals surface area contributed by atoms with Gasteiger partial charge in [0.2, 0.25) is 0 Å². The van der Waals surface area contributed by atoms with Gasteiger partial charge >= 0.3 is 0 Å². The second-order valence-electron chi connectivity index (χ2n) is 6.09. The number of nitrogens with one attached hydrogen (secondary N) is 1. The molecule has 1 atom stereocenters. The van der Waals surface area contributed by atoms with Gasteiger partial charge in [0.25, 0.3) is 0 Å².